The van der Waals surface area contributed by atoms with Crippen molar-refractivity contribution in [2.45, 2.75) is 52.0 Å². The third kappa shape index (κ3) is 2.86. The van der Waals surface area contributed by atoms with E-state index < -0.39 is 10.8 Å². The Bertz CT molecular complexity index is 612. The topological polar surface area (TPSA) is 80.5 Å². The molecule has 6 nitrogen and oxygen atoms in total. The Hall–Kier alpha value is -2.24. The average molecular weight is 304 g/mol. The molecule has 0 aromatic heterocycles. The number of hydrogen-bond donors (Lipinski definition) is 0. The van der Waals surface area contributed by atoms with Crippen molar-refractivity contribution in [3.8, 4) is 0 Å². The van der Waals surface area contributed by atoms with Crippen molar-refractivity contribution < 1.29 is 14.5 Å². The largest absolute Gasteiger partial charge is 0.271 e. The van der Waals surface area contributed by atoms with Gasteiger partial charge in [-0.1, -0.05) is 33.1 Å². The van der Waals surface area contributed by atoms with E-state index in [1.807, 2.05) is 6.92 Å². The minimum Gasteiger partial charge on any atom is -0.271 e. The second-order valence-electron chi connectivity index (χ2n) is 5.53. The Balaban J connectivity index is 2.27. The van der Waals surface area contributed by atoms with Crippen molar-refractivity contribution in [1.29, 1.82) is 0 Å². The van der Waals surface area contributed by atoms with Gasteiger partial charge in [-0.3, -0.25) is 24.6 Å². The Morgan fingerprint density at radius 1 is 1.14 bits per heavy atom. The van der Waals surface area contributed by atoms with E-state index in [0.29, 0.717) is 6.42 Å². The van der Waals surface area contributed by atoms with Gasteiger partial charge in [-0.05, 0) is 18.9 Å². The van der Waals surface area contributed by atoms with E-state index in [0.717, 1.165) is 25.7 Å². The molecule has 0 radical (unpaired) electrons. The lowest BCUT2D eigenvalue weighted by molar-refractivity contribution is -0.384. The van der Waals surface area contributed by atoms with Crippen LogP contribution in [0.3, 0.4) is 0 Å². The second-order valence-corrected chi connectivity index (χ2v) is 5.53. The van der Waals surface area contributed by atoms with Crippen molar-refractivity contribution >= 4 is 17.5 Å². The van der Waals surface area contributed by atoms with Crippen LogP contribution in [-0.4, -0.2) is 27.7 Å². The summed E-state index contributed by atoms with van der Waals surface area (Å²) in [7, 11) is 0. The number of unbranched alkanes of at least 4 members (excludes halogenated alkanes) is 2. The molecule has 118 valence electrons. The van der Waals surface area contributed by atoms with E-state index >= 15 is 0 Å². The molecule has 1 atom stereocenters. The molecule has 1 unspecified atom stereocenters. The first-order valence-corrected chi connectivity index (χ1v) is 7.67. The van der Waals surface area contributed by atoms with Gasteiger partial charge in [-0.25, -0.2) is 0 Å². The number of rotatable bonds is 7. The van der Waals surface area contributed by atoms with Crippen molar-refractivity contribution in [1.82, 2.24) is 4.90 Å². The molecule has 0 aliphatic carbocycles. The summed E-state index contributed by atoms with van der Waals surface area (Å²) in [4.78, 5) is 36.5. The molecule has 2 amide bonds. The summed E-state index contributed by atoms with van der Waals surface area (Å²) in [5.74, 6) is -0.745. The second kappa shape index (κ2) is 6.68. The third-order valence-corrected chi connectivity index (χ3v) is 4.09. The fourth-order valence-electron chi connectivity index (χ4n) is 2.84. The van der Waals surface area contributed by atoms with E-state index in [1.54, 1.807) is 0 Å². The van der Waals surface area contributed by atoms with Crippen molar-refractivity contribution in [3.63, 3.8) is 0 Å². The molecule has 1 aromatic rings. The molecule has 0 N–H and O–H groups in total. The summed E-state index contributed by atoms with van der Waals surface area (Å²) in [5, 5.41) is 10.8. The molecule has 0 saturated heterocycles. The molecule has 1 aromatic carbocycles. The number of amides is 2. The highest BCUT2D eigenvalue weighted by atomic mass is 16.6. The van der Waals surface area contributed by atoms with Gasteiger partial charge in [0.1, 0.15) is 0 Å². The molecule has 6 heteroatoms. The summed E-state index contributed by atoms with van der Waals surface area (Å²) in [5.41, 5.74) is 0.249. The van der Waals surface area contributed by atoms with Crippen molar-refractivity contribution in [2.75, 3.05) is 0 Å². The van der Waals surface area contributed by atoms with E-state index in [9.17, 15) is 19.7 Å². The zero-order valence-electron chi connectivity index (χ0n) is 12.9. The highest BCUT2D eigenvalue weighted by molar-refractivity contribution is 6.21. The SMILES string of the molecule is CCCCCC(CC)N1C(=O)c2ccc([N+](=O)[O-])cc2C1=O. The van der Waals surface area contributed by atoms with Gasteiger partial charge in [0.2, 0.25) is 0 Å². The van der Waals surface area contributed by atoms with Crippen LogP contribution in [0.4, 0.5) is 5.69 Å². The van der Waals surface area contributed by atoms with Gasteiger partial charge in [-0.2, -0.15) is 0 Å². The van der Waals surface area contributed by atoms with E-state index in [1.165, 1.54) is 23.1 Å². The van der Waals surface area contributed by atoms with Crippen LogP contribution in [0.25, 0.3) is 0 Å². The molecule has 22 heavy (non-hydrogen) atoms. The summed E-state index contributed by atoms with van der Waals surface area (Å²) in [6.45, 7) is 4.05. The van der Waals surface area contributed by atoms with Crippen LogP contribution in [0, 0.1) is 10.1 Å². The molecule has 0 fully saturated rings. The van der Waals surface area contributed by atoms with E-state index in [-0.39, 0.29) is 28.8 Å². The molecule has 0 spiro atoms. The van der Waals surface area contributed by atoms with Crippen LogP contribution in [0.2, 0.25) is 0 Å². The predicted octanol–water partition coefficient (Wildman–Crippen LogP) is 3.55. The molecular weight excluding hydrogens is 284 g/mol. The maximum atomic E-state index is 12.5. The fraction of sp³-hybridized carbons (Fsp3) is 0.500. The molecular formula is C16H20N2O4. The predicted molar refractivity (Wildman–Crippen MR) is 81.8 cm³/mol. The molecule has 1 aliphatic heterocycles. The number of nitro groups is 1. The Kier molecular flexibility index (Phi) is 4.90. The maximum Gasteiger partial charge on any atom is 0.270 e. The first-order chi connectivity index (χ1) is 10.5. The van der Waals surface area contributed by atoms with Gasteiger partial charge in [0.15, 0.2) is 0 Å². The Labute approximate surface area is 129 Å². The lowest BCUT2D eigenvalue weighted by atomic mass is 10.0. The highest BCUT2D eigenvalue weighted by Crippen LogP contribution is 2.30. The van der Waals surface area contributed by atoms with Crippen LogP contribution < -0.4 is 0 Å². The lowest BCUT2D eigenvalue weighted by Crippen LogP contribution is -2.39. The number of nitrogens with zero attached hydrogens (tertiary/aromatic N) is 2. The Morgan fingerprint density at radius 3 is 2.41 bits per heavy atom. The third-order valence-electron chi connectivity index (χ3n) is 4.09. The van der Waals surface area contributed by atoms with E-state index in [4.69, 9.17) is 0 Å². The summed E-state index contributed by atoms with van der Waals surface area (Å²) in [6.07, 6.45) is 4.56. The zero-order valence-corrected chi connectivity index (χ0v) is 12.9. The number of imide groups is 1. The van der Waals surface area contributed by atoms with Crippen LogP contribution in [0.5, 0.6) is 0 Å². The number of carbonyl (C=O) groups is 2. The molecule has 2 rings (SSSR count). The van der Waals surface area contributed by atoms with Gasteiger partial charge >= 0.3 is 0 Å². The standard InChI is InChI=1S/C16H20N2O4/c1-3-5-6-7-11(4-2)17-15(19)13-9-8-12(18(21)22)10-14(13)16(17)20/h8-11H,3-7H2,1-2H3. The van der Waals surface area contributed by atoms with Crippen LogP contribution >= 0.6 is 0 Å². The maximum absolute atomic E-state index is 12.5. The highest BCUT2D eigenvalue weighted by Gasteiger charge is 2.39. The number of benzene rings is 1. The van der Waals surface area contributed by atoms with Gasteiger partial charge in [-0.15, -0.1) is 0 Å². The minimum atomic E-state index is -0.556. The minimum absolute atomic E-state index is 0.141. The molecule has 0 saturated carbocycles. The van der Waals surface area contributed by atoms with Gasteiger partial charge in [0.25, 0.3) is 17.5 Å². The zero-order chi connectivity index (χ0) is 16.3. The number of carbonyl (C=O) groups excluding carboxylic acids is 2. The average Bonchev–Trinajstić information content (AvgIpc) is 2.76. The Morgan fingerprint density at radius 2 is 1.82 bits per heavy atom. The molecule has 1 aliphatic rings. The monoisotopic (exact) mass is 304 g/mol. The van der Waals surface area contributed by atoms with Gasteiger partial charge in [0, 0.05) is 18.2 Å². The molecule has 1 heterocycles. The van der Waals surface area contributed by atoms with Crippen LogP contribution in [0.1, 0.15) is 66.7 Å². The quantitative estimate of drug-likeness (QED) is 0.334. The number of nitro benzene ring substituents is 1. The van der Waals surface area contributed by atoms with Crippen molar-refractivity contribution in [3.05, 3.63) is 39.4 Å². The smallest absolute Gasteiger partial charge is 0.270 e. The van der Waals surface area contributed by atoms with Gasteiger partial charge < -0.3 is 0 Å². The van der Waals surface area contributed by atoms with Crippen molar-refractivity contribution in [2.24, 2.45) is 0 Å². The molecule has 0 bridgehead atoms. The number of hydrogen-bond acceptors (Lipinski definition) is 4. The number of non-ortho nitro benzene ring substituents is 1. The first-order valence-electron chi connectivity index (χ1n) is 7.67. The van der Waals surface area contributed by atoms with Gasteiger partial charge in [0.05, 0.1) is 16.1 Å². The summed E-state index contributed by atoms with van der Waals surface area (Å²) >= 11 is 0. The summed E-state index contributed by atoms with van der Waals surface area (Å²) in [6, 6.07) is 3.71. The van der Waals surface area contributed by atoms with Crippen LogP contribution in [0.15, 0.2) is 18.2 Å². The lowest BCUT2D eigenvalue weighted by Gasteiger charge is -2.25. The number of fused-ring (bicyclic) bond motifs is 1. The van der Waals surface area contributed by atoms with Crippen LogP contribution in [-0.2, 0) is 0 Å². The normalized spacial score (nSPS) is 15.1. The fourth-order valence-corrected chi connectivity index (χ4v) is 2.84. The first kappa shape index (κ1) is 16.1. The van der Waals surface area contributed by atoms with E-state index in [2.05, 4.69) is 6.92 Å². The summed E-state index contributed by atoms with van der Waals surface area (Å²) < 4.78 is 0.